The zero-order chi connectivity index (χ0) is 13.9. The van der Waals surface area contributed by atoms with Gasteiger partial charge >= 0.3 is 0 Å². The van der Waals surface area contributed by atoms with Crippen LogP contribution in [-0.4, -0.2) is 12.0 Å². The number of aromatic nitrogens is 1. The van der Waals surface area contributed by atoms with E-state index in [0.29, 0.717) is 0 Å². The van der Waals surface area contributed by atoms with Crippen LogP contribution in [0.3, 0.4) is 0 Å². The monoisotopic (exact) mass is 346 g/mol. The number of thiophene rings is 1. The van der Waals surface area contributed by atoms with Crippen molar-refractivity contribution >= 4 is 37.4 Å². The van der Waals surface area contributed by atoms with Gasteiger partial charge in [0.05, 0.1) is 0 Å². The van der Waals surface area contributed by atoms with Gasteiger partial charge in [0.1, 0.15) is 0 Å². The van der Waals surface area contributed by atoms with E-state index in [1.807, 2.05) is 30.8 Å². The highest BCUT2D eigenvalue weighted by Crippen LogP contribution is 2.29. The van der Waals surface area contributed by atoms with E-state index in [2.05, 4.69) is 61.9 Å². The highest BCUT2D eigenvalue weighted by Gasteiger charge is 2.13. The molecule has 2 aromatic heterocycles. The van der Waals surface area contributed by atoms with Crippen molar-refractivity contribution in [3.05, 3.63) is 63.7 Å². The Kier molecular flexibility index (Phi) is 4.15. The van der Waals surface area contributed by atoms with Gasteiger partial charge in [0.15, 0.2) is 0 Å². The van der Waals surface area contributed by atoms with Gasteiger partial charge in [0.25, 0.3) is 0 Å². The molecule has 0 aliphatic rings. The summed E-state index contributed by atoms with van der Waals surface area (Å²) in [6.45, 7) is 0. The van der Waals surface area contributed by atoms with Crippen LogP contribution in [0.5, 0.6) is 0 Å². The number of pyridine rings is 1. The molecule has 0 aliphatic carbocycles. The molecule has 3 aromatic rings. The molecule has 0 aliphatic heterocycles. The van der Waals surface area contributed by atoms with Gasteiger partial charge in [-0.15, -0.1) is 11.3 Å². The van der Waals surface area contributed by atoms with Gasteiger partial charge in [-0.25, -0.2) is 0 Å². The van der Waals surface area contributed by atoms with Crippen molar-refractivity contribution < 1.29 is 0 Å². The lowest BCUT2D eigenvalue weighted by Gasteiger charge is -2.16. The number of hydrogen-bond acceptors (Lipinski definition) is 3. The lowest BCUT2D eigenvalue weighted by molar-refractivity contribution is 0.592. The smallest absolute Gasteiger partial charge is 0.0410 e. The van der Waals surface area contributed by atoms with Crippen LogP contribution in [0.1, 0.15) is 17.2 Å². The molecular weight excluding hydrogens is 332 g/mol. The number of nitrogens with one attached hydrogen (secondary N) is 1. The highest BCUT2D eigenvalue weighted by molar-refractivity contribution is 9.10. The number of fused-ring (bicyclic) bond motifs is 1. The normalized spacial score (nSPS) is 12.7. The third-order valence-corrected chi connectivity index (χ3v) is 4.91. The van der Waals surface area contributed by atoms with Crippen LogP contribution in [-0.2, 0) is 6.42 Å². The van der Waals surface area contributed by atoms with Crippen LogP contribution in [0.25, 0.3) is 10.1 Å². The second-order valence-electron chi connectivity index (χ2n) is 4.74. The largest absolute Gasteiger partial charge is 0.313 e. The van der Waals surface area contributed by atoms with Gasteiger partial charge in [-0.05, 0) is 63.4 Å². The van der Waals surface area contributed by atoms with Crippen molar-refractivity contribution in [1.29, 1.82) is 0 Å². The van der Waals surface area contributed by atoms with Gasteiger partial charge in [-0.3, -0.25) is 4.98 Å². The zero-order valence-corrected chi connectivity index (χ0v) is 13.5. The molecule has 0 bridgehead atoms. The molecule has 20 heavy (non-hydrogen) atoms. The zero-order valence-electron chi connectivity index (χ0n) is 11.1. The Morgan fingerprint density at radius 1 is 1.30 bits per heavy atom. The van der Waals surface area contributed by atoms with Crippen molar-refractivity contribution in [2.24, 2.45) is 0 Å². The van der Waals surface area contributed by atoms with E-state index in [-0.39, 0.29) is 6.04 Å². The minimum absolute atomic E-state index is 0.276. The molecule has 0 saturated heterocycles. The SMILES string of the molecule is CNC(Cc1csc2ccccc12)c1cncc(Br)c1. The maximum absolute atomic E-state index is 4.26. The van der Waals surface area contributed by atoms with Crippen molar-refractivity contribution in [2.45, 2.75) is 12.5 Å². The fourth-order valence-electron chi connectivity index (χ4n) is 2.42. The number of benzene rings is 1. The first-order chi connectivity index (χ1) is 9.78. The molecule has 2 nitrogen and oxygen atoms in total. The van der Waals surface area contributed by atoms with Gasteiger partial charge in [0, 0.05) is 27.6 Å². The molecule has 0 spiro atoms. The van der Waals surface area contributed by atoms with E-state index in [1.165, 1.54) is 21.2 Å². The number of halogens is 1. The first-order valence-corrected chi connectivity index (χ1v) is 8.18. The van der Waals surface area contributed by atoms with E-state index in [1.54, 1.807) is 0 Å². The molecule has 2 heterocycles. The number of rotatable bonds is 4. The molecule has 0 fully saturated rings. The Balaban J connectivity index is 1.92. The van der Waals surface area contributed by atoms with E-state index in [4.69, 9.17) is 0 Å². The number of likely N-dealkylation sites (N-methyl/N-ethyl adjacent to an activating group) is 1. The first kappa shape index (κ1) is 13.7. The van der Waals surface area contributed by atoms with Crippen molar-refractivity contribution in [3.63, 3.8) is 0 Å². The summed E-state index contributed by atoms with van der Waals surface area (Å²) in [5.74, 6) is 0. The maximum atomic E-state index is 4.26. The second kappa shape index (κ2) is 6.04. The van der Waals surface area contributed by atoms with E-state index < -0.39 is 0 Å². The Morgan fingerprint density at radius 3 is 2.95 bits per heavy atom. The minimum atomic E-state index is 0.276. The molecule has 102 valence electrons. The predicted octanol–water partition coefficient (Wildman–Crippen LogP) is 4.56. The van der Waals surface area contributed by atoms with Crippen LogP contribution in [0, 0.1) is 0 Å². The quantitative estimate of drug-likeness (QED) is 0.748. The fraction of sp³-hybridized carbons (Fsp3) is 0.188. The van der Waals surface area contributed by atoms with Crippen LogP contribution in [0.4, 0.5) is 0 Å². The topological polar surface area (TPSA) is 24.9 Å². The van der Waals surface area contributed by atoms with Gasteiger partial charge in [0.2, 0.25) is 0 Å². The Morgan fingerprint density at radius 2 is 2.15 bits per heavy atom. The van der Waals surface area contributed by atoms with Gasteiger partial charge in [-0.1, -0.05) is 18.2 Å². The van der Waals surface area contributed by atoms with E-state index in [0.717, 1.165) is 10.9 Å². The predicted molar refractivity (Wildman–Crippen MR) is 89.3 cm³/mol. The highest BCUT2D eigenvalue weighted by atomic mass is 79.9. The molecular formula is C16H15BrN2S. The summed E-state index contributed by atoms with van der Waals surface area (Å²) < 4.78 is 2.37. The van der Waals surface area contributed by atoms with Crippen molar-refractivity contribution in [1.82, 2.24) is 10.3 Å². The standard InChI is InChI=1S/C16H15BrN2S/c1-18-15(11-6-13(17)9-19-8-11)7-12-10-20-16-5-3-2-4-14(12)16/h2-6,8-10,15,18H,7H2,1H3. The Bertz CT molecular complexity index is 723. The Labute approximate surface area is 131 Å². The fourth-order valence-corrected chi connectivity index (χ4v) is 3.77. The summed E-state index contributed by atoms with van der Waals surface area (Å²) in [7, 11) is 2.00. The van der Waals surface area contributed by atoms with E-state index >= 15 is 0 Å². The molecule has 0 amide bonds. The van der Waals surface area contributed by atoms with Crippen molar-refractivity contribution in [3.8, 4) is 0 Å². The van der Waals surface area contributed by atoms with Gasteiger partial charge in [-0.2, -0.15) is 0 Å². The van der Waals surface area contributed by atoms with Crippen LogP contribution >= 0.6 is 27.3 Å². The van der Waals surface area contributed by atoms with E-state index in [9.17, 15) is 0 Å². The number of hydrogen-bond donors (Lipinski definition) is 1. The lowest BCUT2D eigenvalue weighted by atomic mass is 10.00. The summed E-state index contributed by atoms with van der Waals surface area (Å²) in [6, 6.07) is 11.0. The molecule has 0 radical (unpaired) electrons. The summed E-state index contributed by atoms with van der Waals surface area (Å²) >= 11 is 5.30. The number of nitrogens with zero attached hydrogens (tertiary/aromatic N) is 1. The van der Waals surface area contributed by atoms with Crippen LogP contribution < -0.4 is 5.32 Å². The average Bonchev–Trinajstić information content (AvgIpc) is 2.88. The third-order valence-electron chi connectivity index (χ3n) is 3.46. The molecule has 1 atom stereocenters. The summed E-state index contributed by atoms with van der Waals surface area (Å²) in [6.07, 6.45) is 4.72. The summed E-state index contributed by atoms with van der Waals surface area (Å²) in [5, 5.41) is 7.02. The molecule has 0 saturated carbocycles. The first-order valence-electron chi connectivity index (χ1n) is 6.51. The maximum Gasteiger partial charge on any atom is 0.0410 e. The average molecular weight is 347 g/mol. The third kappa shape index (κ3) is 2.77. The molecule has 4 heteroatoms. The van der Waals surface area contributed by atoms with Crippen LogP contribution in [0.2, 0.25) is 0 Å². The molecule has 1 unspecified atom stereocenters. The Hall–Kier alpha value is -1.23. The van der Waals surface area contributed by atoms with Crippen LogP contribution in [0.15, 0.2) is 52.6 Å². The molecule has 1 N–H and O–H groups in total. The second-order valence-corrected chi connectivity index (χ2v) is 6.57. The summed E-state index contributed by atoms with van der Waals surface area (Å²) in [5.41, 5.74) is 2.60. The molecule has 1 aromatic carbocycles. The minimum Gasteiger partial charge on any atom is -0.313 e. The van der Waals surface area contributed by atoms with Crippen molar-refractivity contribution in [2.75, 3.05) is 7.05 Å². The lowest BCUT2D eigenvalue weighted by Crippen LogP contribution is -2.18. The molecule has 3 rings (SSSR count). The van der Waals surface area contributed by atoms with Gasteiger partial charge < -0.3 is 5.32 Å². The summed E-state index contributed by atoms with van der Waals surface area (Å²) in [4.78, 5) is 4.26.